The Balaban J connectivity index is 0.000000500. The third-order valence-corrected chi connectivity index (χ3v) is 2.88. The molecule has 0 aromatic rings. The van der Waals surface area contributed by atoms with Crippen LogP contribution in [0.25, 0.3) is 0 Å². The van der Waals surface area contributed by atoms with Gasteiger partial charge in [-0.25, -0.2) is 0 Å². The minimum absolute atomic E-state index is 0. The predicted octanol–water partition coefficient (Wildman–Crippen LogP) is 0.747. The van der Waals surface area contributed by atoms with Crippen LogP contribution in [0.3, 0.4) is 0 Å². The summed E-state index contributed by atoms with van der Waals surface area (Å²) in [5, 5.41) is 3.46. The Morgan fingerprint density at radius 1 is 0.900 bits per heavy atom. The third-order valence-electron chi connectivity index (χ3n) is 2.88. The second-order valence-corrected chi connectivity index (χ2v) is 3.46. The van der Waals surface area contributed by atoms with Crippen LogP contribution in [0, 0.1) is 11.8 Å². The standard InChI is InChI=1S/C8H15N.Li.H/c1-2-4-8-6-9-5-7(8)3-1;;/h7-9H,1-6H2;;. The molecular formula is C8H16LiN. The van der Waals surface area contributed by atoms with Crippen molar-refractivity contribution in [1.29, 1.82) is 0 Å². The Bertz CT molecular complexity index is 93.4. The van der Waals surface area contributed by atoms with Gasteiger partial charge >= 0.3 is 18.9 Å². The molecule has 0 aromatic carbocycles. The van der Waals surface area contributed by atoms with E-state index >= 15 is 0 Å². The molecule has 1 saturated heterocycles. The van der Waals surface area contributed by atoms with Crippen LogP contribution in [0.15, 0.2) is 0 Å². The SMILES string of the molecule is C1CCC2CNCC2C1.[LiH]. The van der Waals surface area contributed by atoms with E-state index in [0.29, 0.717) is 0 Å². The predicted molar refractivity (Wildman–Crippen MR) is 45.5 cm³/mol. The molecular weight excluding hydrogens is 117 g/mol. The van der Waals surface area contributed by atoms with Gasteiger partial charge in [0.05, 0.1) is 0 Å². The fraction of sp³-hybridized carbons (Fsp3) is 1.00. The molecule has 2 aliphatic rings. The fourth-order valence-electron chi connectivity index (χ4n) is 2.28. The minimum atomic E-state index is 0. The Morgan fingerprint density at radius 3 is 1.90 bits per heavy atom. The molecule has 1 aliphatic heterocycles. The molecule has 2 heteroatoms. The molecule has 1 N–H and O–H groups in total. The Hall–Kier alpha value is 0.557. The molecule has 54 valence electrons. The molecule has 2 rings (SSSR count). The first-order chi connectivity index (χ1) is 4.47. The first-order valence-corrected chi connectivity index (χ1v) is 4.17. The van der Waals surface area contributed by atoms with Crippen molar-refractivity contribution in [2.75, 3.05) is 13.1 Å². The Kier molecular flexibility index (Phi) is 3.29. The van der Waals surface area contributed by atoms with E-state index < -0.39 is 0 Å². The van der Waals surface area contributed by atoms with Crippen molar-refractivity contribution < 1.29 is 0 Å². The van der Waals surface area contributed by atoms with Gasteiger partial charge in [-0.2, -0.15) is 0 Å². The summed E-state index contributed by atoms with van der Waals surface area (Å²) in [5.41, 5.74) is 0. The van der Waals surface area contributed by atoms with Crippen LogP contribution in [0.4, 0.5) is 0 Å². The van der Waals surface area contributed by atoms with Crippen LogP contribution in [-0.4, -0.2) is 32.0 Å². The van der Waals surface area contributed by atoms with Gasteiger partial charge in [0.25, 0.3) is 0 Å². The van der Waals surface area contributed by atoms with E-state index in [9.17, 15) is 0 Å². The van der Waals surface area contributed by atoms with Crippen molar-refractivity contribution in [3.05, 3.63) is 0 Å². The molecule has 1 saturated carbocycles. The van der Waals surface area contributed by atoms with E-state index in [2.05, 4.69) is 5.32 Å². The molecule has 0 radical (unpaired) electrons. The molecule has 1 aliphatic carbocycles. The van der Waals surface area contributed by atoms with E-state index in [1.54, 1.807) is 0 Å². The average Bonchev–Trinajstić information content (AvgIpc) is 2.33. The van der Waals surface area contributed by atoms with E-state index in [1.165, 1.54) is 38.8 Å². The topological polar surface area (TPSA) is 12.0 Å². The van der Waals surface area contributed by atoms with Crippen molar-refractivity contribution in [2.24, 2.45) is 11.8 Å². The first-order valence-electron chi connectivity index (χ1n) is 4.17. The van der Waals surface area contributed by atoms with Gasteiger partial charge in [-0.1, -0.05) is 12.8 Å². The number of hydrogen-bond acceptors (Lipinski definition) is 1. The summed E-state index contributed by atoms with van der Waals surface area (Å²) < 4.78 is 0. The van der Waals surface area contributed by atoms with Gasteiger partial charge in [-0.05, 0) is 37.8 Å². The molecule has 0 bridgehead atoms. The summed E-state index contributed by atoms with van der Waals surface area (Å²) in [4.78, 5) is 0. The molecule has 10 heavy (non-hydrogen) atoms. The van der Waals surface area contributed by atoms with Crippen molar-refractivity contribution >= 4 is 18.9 Å². The van der Waals surface area contributed by atoms with E-state index in [0.717, 1.165) is 11.8 Å². The van der Waals surface area contributed by atoms with Crippen molar-refractivity contribution in [3.63, 3.8) is 0 Å². The van der Waals surface area contributed by atoms with Gasteiger partial charge in [0.2, 0.25) is 0 Å². The number of hydrogen-bond donors (Lipinski definition) is 1. The second kappa shape index (κ2) is 3.81. The van der Waals surface area contributed by atoms with Crippen molar-refractivity contribution in [3.8, 4) is 0 Å². The Morgan fingerprint density at radius 2 is 1.40 bits per heavy atom. The summed E-state index contributed by atoms with van der Waals surface area (Å²) in [6.45, 7) is 2.62. The zero-order valence-corrected chi connectivity index (χ0v) is 5.90. The first kappa shape index (κ1) is 8.65. The Labute approximate surface area is 75.1 Å². The van der Waals surface area contributed by atoms with Gasteiger partial charge < -0.3 is 5.32 Å². The van der Waals surface area contributed by atoms with E-state index in [-0.39, 0.29) is 18.9 Å². The number of nitrogens with one attached hydrogen (secondary N) is 1. The van der Waals surface area contributed by atoms with Crippen LogP contribution in [0.2, 0.25) is 0 Å². The van der Waals surface area contributed by atoms with Crippen LogP contribution >= 0.6 is 0 Å². The summed E-state index contributed by atoms with van der Waals surface area (Å²) in [7, 11) is 0. The fourth-order valence-corrected chi connectivity index (χ4v) is 2.28. The van der Waals surface area contributed by atoms with Crippen molar-refractivity contribution in [1.82, 2.24) is 5.32 Å². The molecule has 1 heterocycles. The van der Waals surface area contributed by atoms with Gasteiger partial charge in [-0.3, -0.25) is 0 Å². The van der Waals surface area contributed by atoms with Gasteiger partial charge in [0, 0.05) is 0 Å². The summed E-state index contributed by atoms with van der Waals surface area (Å²) in [5.74, 6) is 2.11. The van der Waals surface area contributed by atoms with Gasteiger partial charge in [0.1, 0.15) is 0 Å². The van der Waals surface area contributed by atoms with Crippen LogP contribution in [0.1, 0.15) is 25.7 Å². The van der Waals surface area contributed by atoms with Crippen LogP contribution in [0.5, 0.6) is 0 Å². The molecule has 0 amide bonds. The molecule has 0 aromatic heterocycles. The second-order valence-electron chi connectivity index (χ2n) is 3.46. The number of fused-ring (bicyclic) bond motifs is 1. The van der Waals surface area contributed by atoms with E-state index in [4.69, 9.17) is 0 Å². The zero-order valence-electron chi connectivity index (χ0n) is 5.90. The molecule has 2 atom stereocenters. The van der Waals surface area contributed by atoms with Crippen LogP contribution < -0.4 is 5.32 Å². The molecule has 2 unspecified atom stereocenters. The maximum atomic E-state index is 3.46. The van der Waals surface area contributed by atoms with Crippen LogP contribution in [-0.2, 0) is 0 Å². The number of rotatable bonds is 0. The maximum absolute atomic E-state index is 3.46. The summed E-state index contributed by atoms with van der Waals surface area (Å²) in [6, 6.07) is 0. The zero-order chi connectivity index (χ0) is 6.10. The van der Waals surface area contributed by atoms with Crippen molar-refractivity contribution in [2.45, 2.75) is 25.7 Å². The van der Waals surface area contributed by atoms with E-state index in [1.807, 2.05) is 0 Å². The summed E-state index contributed by atoms with van der Waals surface area (Å²) >= 11 is 0. The third kappa shape index (κ3) is 1.59. The molecule has 0 spiro atoms. The summed E-state index contributed by atoms with van der Waals surface area (Å²) in [6.07, 6.45) is 5.97. The molecule has 1 nitrogen and oxygen atoms in total. The van der Waals surface area contributed by atoms with Gasteiger partial charge in [-0.15, -0.1) is 0 Å². The average molecular weight is 133 g/mol. The normalized spacial score (nSPS) is 38.4. The molecule has 2 fully saturated rings. The quantitative estimate of drug-likeness (QED) is 0.481. The van der Waals surface area contributed by atoms with Gasteiger partial charge in [0.15, 0.2) is 0 Å². The monoisotopic (exact) mass is 133 g/mol.